The first kappa shape index (κ1) is 18.6. The molecule has 0 atom stereocenters. The Morgan fingerprint density at radius 2 is 1.85 bits per heavy atom. The topological polar surface area (TPSA) is 87.7 Å². The van der Waals surface area contributed by atoms with Crippen LogP contribution in [0.5, 0.6) is 0 Å². The molecule has 142 valence electrons. The van der Waals surface area contributed by atoms with Gasteiger partial charge in [-0.2, -0.15) is 0 Å². The molecule has 1 aromatic heterocycles. The molecule has 0 unspecified atom stereocenters. The summed E-state index contributed by atoms with van der Waals surface area (Å²) in [7, 11) is 0. The minimum absolute atomic E-state index is 0.206. The molecule has 2 heterocycles. The van der Waals surface area contributed by atoms with E-state index in [1.165, 1.54) is 36.5 Å². The zero-order valence-electron chi connectivity index (χ0n) is 14.9. The normalized spacial score (nSPS) is 14.0. The molecule has 0 radical (unpaired) electrons. The summed E-state index contributed by atoms with van der Waals surface area (Å²) in [6.07, 6.45) is 1.19. The summed E-state index contributed by atoms with van der Waals surface area (Å²) >= 11 is 0. The van der Waals surface area contributed by atoms with Crippen molar-refractivity contribution in [2.75, 3.05) is 43.0 Å². The van der Waals surface area contributed by atoms with E-state index in [-0.39, 0.29) is 17.6 Å². The lowest BCUT2D eigenvalue weighted by atomic mass is 10.3. The molecule has 1 fully saturated rings. The zero-order valence-corrected chi connectivity index (χ0v) is 14.9. The molecule has 2 amide bonds. The van der Waals surface area contributed by atoms with Crippen LogP contribution in [0.15, 0.2) is 36.5 Å². The third-order valence-electron chi connectivity index (χ3n) is 4.07. The number of carbonyl (C=O) groups is 2. The second-order valence-corrected chi connectivity index (χ2v) is 5.88. The number of anilines is 2. The second-order valence-electron chi connectivity index (χ2n) is 5.88. The summed E-state index contributed by atoms with van der Waals surface area (Å²) in [6.45, 7) is 4.18. The van der Waals surface area contributed by atoms with Crippen LogP contribution in [0.4, 0.5) is 20.8 Å². The van der Waals surface area contributed by atoms with Crippen LogP contribution in [-0.4, -0.2) is 59.7 Å². The first-order chi connectivity index (χ1) is 13.1. The van der Waals surface area contributed by atoms with E-state index in [1.807, 2.05) is 4.90 Å². The summed E-state index contributed by atoms with van der Waals surface area (Å²) < 4.78 is 18.0. The molecule has 1 aromatic carbocycles. The van der Waals surface area contributed by atoms with Gasteiger partial charge in [0, 0.05) is 38.1 Å². The minimum atomic E-state index is -0.407. The molecule has 1 N–H and O–H groups in total. The molecule has 0 aliphatic carbocycles. The van der Waals surface area contributed by atoms with Gasteiger partial charge in [-0.25, -0.2) is 19.2 Å². The van der Waals surface area contributed by atoms with Crippen LogP contribution in [0.3, 0.4) is 0 Å². The quantitative estimate of drug-likeness (QED) is 0.884. The Bertz CT molecular complexity index is 807. The molecular formula is C18H20FN5O3. The maximum absolute atomic E-state index is 13.0. The molecule has 8 nitrogen and oxygen atoms in total. The molecule has 3 rings (SSSR count). The average molecular weight is 373 g/mol. The van der Waals surface area contributed by atoms with Crippen molar-refractivity contribution in [2.24, 2.45) is 0 Å². The number of amides is 2. The predicted molar refractivity (Wildman–Crippen MR) is 97.2 cm³/mol. The van der Waals surface area contributed by atoms with E-state index >= 15 is 0 Å². The van der Waals surface area contributed by atoms with Crippen molar-refractivity contribution in [2.45, 2.75) is 6.92 Å². The lowest BCUT2D eigenvalue weighted by Crippen LogP contribution is -2.49. The van der Waals surface area contributed by atoms with E-state index in [2.05, 4.69) is 15.3 Å². The smallest absolute Gasteiger partial charge is 0.409 e. The van der Waals surface area contributed by atoms with E-state index in [9.17, 15) is 14.0 Å². The Labute approximate surface area is 156 Å². The highest BCUT2D eigenvalue weighted by atomic mass is 19.1. The molecule has 1 aliphatic heterocycles. The highest BCUT2D eigenvalue weighted by Crippen LogP contribution is 2.14. The Balaban J connectivity index is 1.63. The van der Waals surface area contributed by atoms with Gasteiger partial charge in [0.15, 0.2) is 0 Å². The Morgan fingerprint density at radius 3 is 2.52 bits per heavy atom. The van der Waals surface area contributed by atoms with Gasteiger partial charge in [-0.05, 0) is 37.3 Å². The van der Waals surface area contributed by atoms with Crippen LogP contribution in [0.25, 0.3) is 0 Å². The molecule has 1 saturated heterocycles. The van der Waals surface area contributed by atoms with Gasteiger partial charge >= 0.3 is 6.09 Å². The lowest BCUT2D eigenvalue weighted by Gasteiger charge is -2.34. The second kappa shape index (κ2) is 8.43. The fourth-order valence-electron chi connectivity index (χ4n) is 2.66. The number of halogens is 1. The van der Waals surface area contributed by atoms with E-state index < -0.39 is 5.91 Å². The van der Waals surface area contributed by atoms with E-state index in [1.54, 1.807) is 11.8 Å². The summed E-state index contributed by atoms with van der Waals surface area (Å²) in [5, 5.41) is 2.67. The SMILES string of the molecule is CCOC(=O)N1CCN(c2nccc(C(=O)Nc3ccc(F)cc3)n2)CC1. The van der Waals surface area contributed by atoms with Crippen molar-refractivity contribution in [1.29, 1.82) is 0 Å². The first-order valence-electron chi connectivity index (χ1n) is 8.63. The van der Waals surface area contributed by atoms with E-state index in [4.69, 9.17) is 4.74 Å². The van der Waals surface area contributed by atoms with Gasteiger partial charge in [-0.1, -0.05) is 0 Å². The third kappa shape index (κ3) is 4.69. The largest absolute Gasteiger partial charge is 0.450 e. The molecular weight excluding hydrogens is 353 g/mol. The van der Waals surface area contributed by atoms with Gasteiger partial charge in [-0.15, -0.1) is 0 Å². The van der Waals surface area contributed by atoms with Crippen molar-refractivity contribution in [3.05, 3.63) is 48.0 Å². The molecule has 1 aliphatic rings. The summed E-state index contributed by atoms with van der Waals surface area (Å²) in [6, 6.07) is 7.00. The number of aromatic nitrogens is 2. The number of nitrogens with zero attached hydrogens (tertiary/aromatic N) is 4. The van der Waals surface area contributed by atoms with Crippen LogP contribution < -0.4 is 10.2 Å². The zero-order chi connectivity index (χ0) is 19.2. The van der Waals surface area contributed by atoms with Gasteiger partial charge < -0.3 is 19.9 Å². The molecule has 2 aromatic rings. The van der Waals surface area contributed by atoms with E-state index in [0.29, 0.717) is 44.4 Å². The number of piperazine rings is 1. The van der Waals surface area contributed by atoms with Crippen LogP contribution in [0, 0.1) is 5.82 Å². The molecule has 0 saturated carbocycles. The monoisotopic (exact) mass is 373 g/mol. The van der Waals surface area contributed by atoms with Crippen LogP contribution in [-0.2, 0) is 4.74 Å². The standard InChI is InChI=1S/C18H20FN5O3/c1-2-27-18(26)24-11-9-23(10-12-24)17-20-8-7-15(22-17)16(25)21-14-5-3-13(19)4-6-14/h3-8H,2,9-12H2,1H3,(H,21,25). The molecule has 0 spiro atoms. The van der Waals surface area contributed by atoms with Crippen molar-refractivity contribution in [3.8, 4) is 0 Å². The third-order valence-corrected chi connectivity index (χ3v) is 4.07. The highest BCUT2D eigenvalue weighted by Gasteiger charge is 2.23. The fourth-order valence-corrected chi connectivity index (χ4v) is 2.66. The molecule has 0 bridgehead atoms. The Kier molecular flexibility index (Phi) is 5.80. The van der Waals surface area contributed by atoms with Gasteiger partial charge in [0.2, 0.25) is 5.95 Å². The molecule has 9 heteroatoms. The number of hydrogen-bond acceptors (Lipinski definition) is 6. The maximum Gasteiger partial charge on any atom is 0.409 e. The highest BCUT2D eigenvalue weighted by molar-refractivity contribution is 6.02. The van der Waals surface area contributed by atoms with Gasteiger partial charge in [-0.3, -0.25) is 4.79 Å². The summed E-state index contributed by atoms with van der Waals surface area (Å²) in [5.41, 5.74) is 0.682. The number of hydrogen-bond donors (Lipinski definition) is 1. The number of rotatable bonds is 4. The summed E-state index contributed by atoms with van der Waals surface area (Å²) in [5.74, 6) is -0.361. The fraction of sp³-hybridized carbons (Fsp3) is 0.333. The van der Waals surface area contributed by atoms with Gasteiger partial charge in [0.25, 0.3) is 5.91 Å². The first-order valence-corrected chi connectivity index (χ1v) is 8.63. The van der Waals surface area contributed by atoms with Gasteiger partial charge in [0.05, 0.1) is 6.61 Å². The van der Waals surface area contributed by atoms with Crippen molar-refractivity contribution in [3.63, 3.8) is 0 Å². The van der Waals surface area contributed by atoms with Crippen molar-refractivity contribution >= 4 is 23.6 Å². The van der Waals surface area contributed by atoms with Crippen molar-refractivity contribution in [1.82, 2.24) is 14.9 Å². The lowest BCUT2D eigenvalue weighted by molar-refractivity contribution is 0.102. The number of ether oxygens (including phenoxy) is 1. The Hall–Kier alpha value is -3.23. The Morgan fingerprint density at radius 1 is 1.15 bits per heavy atom. The average Bonchev–Trinajstić information content (AvgIpc) is 2.70. The maximum atomic E-state index is 13.0. The minimum Gasteiger partial charge on any atom is -0.450 e. The molecule has 27 heavy (non-hydrogen) atoms. The van der Waals surface area contributed by atoms with Crippen LogP contribution >= 0.6 is 0 Å². The summed E-state index contributed by atoms with van der Waals surface area (Å²) in [4.78, 5) is 36.2. The van der Waals surface area contributed by atoms with Crippen LogP contribution in [0.2, 0.25) is 0 Å². The number of nitrogens with one attached hydrogen (secondary N) is 1. The van der Waals surface area contributed by atoms with Gasteiger partial charge in [0.1, 0.15) is 11.5 Å². The predicted octanol–water partition coefficient (Wildman–Crippen LogP) is 2.15. The van der Waals surface area contributed by atoms with E-state index in [0.717, 1.165) is 0 Å². The van der Waals surface area contributed by atoms with Crippen LogP contribution in [0.1, 0.15) is 17.4 Å². The number of benzene rings is 1. The van der Waals surface area contributed by atoms with Crippen molar-refractivity contribution < 1.29 is 18.7 Å². The number of carbonyl (C=O) groups excluding carboxylic acids is 2.